The van der Waals surface area contributed by atoms with E-state index < -0.39 is 0 Å². The Bertz CT molecular complexity index is 384. The second kappa shape index (κ2) is 7.28. The number of carbonyl (C=O) groups excluding carboxylic acids is 1. The van der Waals surface area contributed by atoms with Crippen LogP contribution in [0, 0.1) is 11.3 Å². The minimum absolute atomic E-state index is 0.109. The molecule has 6 heteroatoms. The fourth-order valence-corrected chi connectivity index (χ4v) is 2.48. The van der Waals surface area contributed by atoms with Crippen LogP contribution in [0.2, 0.25) is 0 Å². The van der Waals surface area contributed by atoms with Gasteiger partial charge in [0.1, 0.15) is 11.1 Å². The molecule has 0 aliphatic rings. The van der Waals surface area contributed by atoms with E-state index >= 15 is 0 Å². The van der Waals surface area contributed by atoms with Gasteiger partial charge in [-0.05, 0) is 23.6 Å². The van der Waals surface area contributed by atoms with Gasteiger partial charge < -0.3 is 10.4 Å². The molecule has 0 radical (unpaired) electrons. The summed E-state index contributed by atoms with van der Waals surface area (Å²) < 4.78 is 0. The number of aliphatic hydroxyl groups excluding tert-OH is 1. The summed E-state index contributed by atoms with van der Waals surface area (Å²) in [5, 5.41) is 22.4. The Morgan fingerprint density at radius 2 is 2.50 bits per heavy atom. The highest BCUT2D eigenvalue weighted by atomic mass is 32.2. The standard InChI is InChI=1S/C10H12N2O2S2/c11-6-8-2-5-16-10(8)12-9(14)7-15-4-1-3-13/h2,5,13H,1,3-4,7H2,(H,12,14). The predicted octanol–water partition coefficient (Wildman–Crippen LogP) is 1.67. The van der Waals surface area contributed by atoms with Crippen molar-refractivity contribution >= 4 is 34.0 Å². The zero-order valence-electron chi connectivity index (χ0n) is 8.60. The van der Waals surface area contributed by atoms with E-state index in [1.807, 2.05) is 6.07 Å². The van der Waals surface area contributed by atoms with E-state index in [2.05, 4.69) is 5.32 Å². The molecule has 0 saturated heterocycles. The second-order valence-corrected chi connectivity index (χ2v) is 4.97. The first kappa shape index (κ1) is 13.0. The number of thiophene rings is 1. The summed E-state index contributed by atoms with van der Waals surface area (Å²) in [6.45, 7) is 0.151. The van der Waals surface area contributed by atoms with Gasteiger partial charge >= 0.3 is 0 Å². The predicted molar refractivity (Wildman–Crippen MR) is 66.7 cm³/mol. The number of hydrogen-bond donors (Lipinski definition) is 2. The van der Waals surface area contributed by atoms with Crippen molar-refractivity contribution in [2.24, 2.45) is 0 Å². The summed E-state index contributed by atoms with van der Waals surface area (Å²) in [4.78, 5) is 11.4. The highest BCUT2D eigenvalue weighted by Crippen LogP contribution is 2.22. The molecular formula is C10H12N2O2S2. The lowest BCUT2D eigenvalue weighted by molar-refractivity contribution is -0.113. The van der Waals surface area contributed by atoms with Crippen molar-refractivity contribution in [3.63, 3.8) is 0 Å². The van der Waals surface area contributed by atoms with E-state index in [0.717, 1.165) is 5.75 Å². The number of nitrogens with zero attached hydrogens (tertiary/aromatic N) is 1. The van der Waals surface area contributed by atoms with Gasteiger partial charge in [0.05, 0.1) is 11.3 Å². The van der Waals surface area contributed by atoms with Crippen LogP contribution in [-0.4, -0.2) is 29.1 Å². The van der Waals surface area contributed by atoms with Crippen molar-refractivity contribution in [3.8, 4) is 6.07 Å². The Balaban J connectivity index is 2.32. The van der Waals surface area contributed by atoms with Crippen LogP contribution in [0.15, 0.2) is 11.4 Å². The Morgan fingerprint density at radius 1 is 1.69 bits per heavy atom. The molecule has 0 aliphatic heterocycles. The molecule has 16 heavy (non-hydrogen) atoms. The third-order valence-electron chi connectivity index (χ3n) is 1.72. The molecule has 1 rings (SSSR count). The summed E-state index contributed by atoms with van der Waals surface area (Å²) in [6.07, 6.45) is 0.695. The summed E-state index contributed by atoms with van der Waals surface area (Å²) in [6, 6.07) is 3.69. The average molecular weight is 256 g/mol. The van der Waals surface area contributed by atoms with Crippen molar-refractivity contribution in [1.82, 2.24) is 0 Å². The minimum Gasteiger partial charge on any atom is -0.396 e. The second-order valence-electron chi connectivity index (χ2n) is 2.95. The van der Waals surface area contributed by atoms with Crippen molar-refractivity contribution in [3.05, 3.63) is 17.0 Å². The number of carbonyl (C=O) groups is 1. The zero-order chi connectivity index (χ0) is 11.8. The first-order valence-corrected chi connectivity index (χ1v) is 6.77. The molecule has 1 heterocycles. The van der Waals surface area contributed by atoms with Crippen LogP contribution in [0.3, 0.4) is 0 Å². The van der Waals surface area contributed by atoms with E-state index in [9.17, 15) is 4.79 Å². The number of rotatable bonds is 6. The molecule has 86 valence electrons. The van der Waals surface area contributed by atoms with Gasteiger partial charge in [-0.15, -0.1) is 11.3 Å². The normalized spacial score (nSPS) is 9.75. The Hall–Kier alpha value is -1.03. The van der Waals surface area contributed by atoms with Crippen LogP contribution in [0.25, 0.3) is 0 Å². The van der Waals surface area contributed by atoms with Crippen LogP contribution < -0.4 is 5.32 Å². The Kier molecular flexibility index (Phi) is 5.93. The van der Waals surface area contributed by atoms with Crippen molar-refractivity contribution in [1.29, 1.82) is 5.26 Å². The van der Waals surface area contributed by atoms with Crippen LogP contribution in [0.1, 0.15) is 12.0 Å². The third-order valence-corrected chi connectivity index (χ3v) is 3.59. The molecular weight excluding hydrogens is 244 g/mol. The molecule has 1 aromatic rings. The number of nitriles is 1. The van der Waals surface area contributed by atoms with Crippen LogP contribution in [-0.2, 0) is 4.79 Å². The number of amides is 1. The van der Waals surface area contributed by atoms with Crippen molar-refractivity contribution < 1.29 is 9.90 Å². The maximum atomic E-state index is 11.4. The van der Waals surface area contributed by atoms with E-state index in [-0.39, 0.29) is 12.5 Å². The summed E-state index contributed by atoms with van der Waals surface area (Å²) >= 11 is 2.81. The number of thioether (sulfide) groups is 1. The maximum Gasteiger partial charge on any atom is 0.235 e. The van der Waals surface area contributed by atoms with E-state index in [1.54, 1.807) is 11.4 Å². The van der Waals surface area contributed by atoms with Gasteiger partial charge in [-0.3, -0.25) is 4.79 Å². The van der Waals surface area contributed by atoms with Gasteiger partial charge in [-0.25, -0.2) is 0 Å². The molecule has 1 amide bonds. The maximum absolute atomic E-state index is 11.4. The lowest BCUT2D eigenvalue weighted by atomic mass is 10.3. The molecule has 0 aromatic carbocycles. The molecule has 0 spiro atoms. The smallest absolute Gasteiger partial charge is 0.235 e. The first-order valence-electron chi connectivity index (χ1n) is 4.74. The minimum atomic E-state index is -0.109. The fraction of sp³-hybridized carbons (Fsp3) is 0.400. The molecule has 0 saturated carbocycles. The number of hydrogen-bond acceptors (Lipinski definition) is 5. The van der Waals surface area contributed by atoms with Gasteiger partial charge in [0, 0.05) is 6.61 Å². The topological polar surface area (TPSA) is 73.1 Å². The highest BCUT2D eigenvalue weighted by Gasteiger charge is 2.07. The monoisotopic (exact) mass is 256 g/mol. The SMILES string of the molecule is N#Cc1ccsc1NC(=O)CSCCCO. The molecule has 2 N–H and O–H groups in total. The summed E-state index contributed by atoms with van der Waals surface area (Å²) in [5.74, 6) is 1.00. The van der Waals surface area contributed by atoms with Crippen molar-refractivity contribution in [2.75, 3.05) is 23.4 Å². The van der Waals surface area contributed by atoms with Crippen LogP contribution in [0.5, 0.6) is 0 Å². The quantitative estimate of drug-likeness (QED) is 0.759. The first-order chi connectivity index (χ1) is 7.77. The molecule has 4 nitrogen and oxygen atoms in total. The van der Waals surface area contributed by atoms with Gasteiger partial charge in [0.2, 0.25) is 5.91 Å². The highest BCUT2D eigenvalue weighted by molar-refractivity contribution is 7.99. The molecule has 0 unspecified atom stereocenters. The lowest BCUT2D eigenvalue weighted by Crippen LogP contribution is -2.14. The molecule has 0 bridgehead atoms. The molecule has 0 atom stereocenters. The largest absolute Gasteiger partial charge is 0.396 e. The molecule has 0 fully saturated rings. The van der Waals surface area contributed by atoms with Crippen LogP contribution in [0.4, 0.5) is 5.00 Å². The van der Waals surface area contributed by atoms with Crippen LogP contribution >= 0.6 is 23.1 Å². The van der Waals surface area contributed by atoms with E-state index in [4.69, 9.17) is 10.4 Å². The number of nitrogens with one attached hydrogen (secondary N) is 1. The Labute approximate surface area is 102 Å². The van der Waals surface area contributed by atoms with Gasteiger partial charge in [-0.1, -0.05) is 0 Å². The van der Waals surface area contributed by atoms with Gasteiger partial charge in [-0.2, -0.15) is 17.0 Å². The zero-order valence-corrected chi connectivity index (χ0v) is 10.2. The average Bonchev–Trinajstić information content (AvgIpc) is 2.71. The third kappa shape index (κ3) is 4.23. The summed E-state index contributed by atoms with van der Waals surface area (Å²) in [7, 11) is 0. The molecule has 1 aromatic heterocycles. The fourth-order valence-electron chi connectivity index (χ4n) is 0.988. The summed E-state index contributed by atoms with van der Waals surface area (Å²) in [5.41, 5.74) is 0.499. The van der Waals surface area contributed by atoms with E-state index in [1.165, 1.54) is 23.1 Å². The molecule has 0 aliphatic carbocycles. The Morgan fingerprint density at radius 3 is 3.19 bits per heavy atom. The number of aliphatic hydroxyl groups is 1. The number of anilines is 1. The van der Waals surface area contributed by atoms with Gasteiger partial charge in [0.15, 0.2) is 0 Å². The van der Waals surface area contributed by atoms with Gasteiger partial charge in [0.25, 0.3) is 0 Å². The van der Waals surface area contributed by atoms with Crippen molar-refractivity contribution in [2.45, 2.75) is 6.42 Å². The van der Waals surface area contributed by atoms with E-state index in [0.29, 0.717) is 22.7 Å². The lowest BCUT2D eigenvalue weighted by Gasteiger charge is -2.02.